The van der Waals surface area contributed by atoms with E-state index in [2.05, 4.69) is 10.2 Å². The molecule has 5 nitrogen and oxygen atoms in total. The highest BCUT2D eigenvalue weighted by molar-refractivity contribution is 7.95. The van der Waals surface area contributed by atoms with Gasteiger partial charge < -0.3 is 0 Å². The van der Waals surface area contributed by atoms with E-state index < -0.39 is 9.84 Å². The summed E-state index contributed by atoms with van der Waals surface area (Å²) < 4.78 is 25.4. The first-order chi connectivity index (χ1) is 12.0. The summed E-state index contributed by atoms with van der Waals surface area (Å²) in [7, 11) is -3.94. The summed E-state index contributed by atoms with van der Waals surface area (Å²) in [5.41, 5.74) is 1.99. The van der Waals surface area contributed by atoms with Crippen LogP contribution in [0.15, 0.2) is 70.6 Å². The Kier molecular flexibility index (Phi) is 4.70. The fourth-order valence-electron chi connectivity index (χ4n) is 2.29. The smallest absolute Gasteiger partial charge is 0.216 e. The molecule has 0 bridgehead atoms. The van der Waals surface area contributed by atoms with Crippen molar-refractivity contribution in [1.29, 1.82) is 5.26 Å². The minimum Gasteiger partial charge on any atom is -0.277 e. The summed E-state index contributed by atoms with van der Waals surface area (Å²) >= 11 is 5.79. The fraction of sp³-hybridized carbons (Fsp3) is 0. The number of rotatable bonds is 4. The van der Waals surface area contributed by atoms with Gasteiger partial charge in [-0.25, -0.2) is 8.42 Å². The lowest BCUT2D eigenvalue weighted by Crippen LogP contribution is -2.03. The minimum absolute atomic E-state index is 0.00876. The largest absolute Gasteiger partial charge is 0.277 e. The Labute approximate surface area is 150 Å². The molecule has 124 valence electrons. The zero-order valence-electron chi connectivity index (χ0n) is 12.8. The Morgan fingerprint density at radius 1 is 1.12 bits per heavy atom. The van der Waals surface area contributed by atoms with Crippen molar-refractivity contribution in [2.45, 2.75) is 4.90 Å². The van der Waals surface area contributed by atoms with Gasteiger partial charge in [0.25, 0.3) is 0 Å². The fourth-order valence-corrected chi connectivity index (χ4v) is 3.57. The van der Waals surface area contributed by atoms with E-state index in [9.17, 15) is 13.7 Å². The molecular weight excluding hydrogens is 358 g/mol. The average molecular weight is 370 g/mol. The third-order valence-electron chi connectivity index (χ3n) is 3.54. The maximum atomic E-state index is 12.7. The van der Waals surface area contributed by atoms with Gasteiger partial charge in [-0.15, -0.1) is 0 Å². The van der Waals surface area contributed by atoms with E-state index >= 15 is 0 Å². The number of nitrogens with one attached hydrogen (secondary N) is 1. The molecular formula is C18H12ClN3O2S. The maximum Gasteiger partial charge on any atom is 0.216 e. The third-order valence-corrected chi connectivity index (χ3v) is 5.47. The van der Waals surface area contributed by atoms with E-state index in [1.165, 1.54) is 36.5 Å². The zero-order chi connectivity index (χ0) is 17.9. The number of hydrogen-bond donors (Lipinski definition) is 1. The SMILES string of the molecule is N#C/C(=C\c1cn[nH]c1-c1ccccc1)S(=O)(=O)c1ccc(Cl)cc1. The highest BCUT2D eigenvalue weighted by atomic mass is 35.5. The van der Waals surface area contributed by atoms with Crippen LogP contribution < -0.4 is 0 Å². The average Bonchev–Trinajstić information content (AvgIpc) is 3.09. The topological polar surface area (TPSA) is 86.6 Å². The van der Waals surface area contributed by atoms with Crippen molar-refractivity contribution in [3.8, 4) is 17.3 Å². The van der Waals surface area contributed by atoms with E-state index in [-0.39, 0.29) is 9.80 Å². The molecule has 7 heteroatoms. The molecule has 0 saturated heterocycles. The maximum absolute atomic E-state index is 12.7. The summed E-state index contributed by atoms with van der Waals surface area (Å²) in [4.78, 5) is -0.358. The zero-order valence-corrected chi connectivity index (χ0v) is 14.4. The number of sulfone groups is 1. The molecule has 0 saturated carbocycles. The van der Waals surface area contributed by atoms with E-state index in [0.717, 1.165) is 5.56 Å². The molecule has 0 aliphatic carbocycles. The molecule has 0 spiro atoms. The molecule has 2 aromatic carbocycles. The van der Waals surface area contributed by atoms with Gasteiger partial charge in [-0.05, 0) is 30.3 Å². The molecule has 0 amide bonds. The van der Waals surface area contributed by atoms with E-state index in [4.69, 9.17) is 11.6 Å². The first-order valence-corrected chi connectivity index (χ1v) is 9.10. The first kappa shape index (κ1) is 17.0. The third kappa shape index (κ3) is 3.48. The van der Waals surface area contributed by atoms with Gasteiger partial charge in [0.1, 0.15) is 11.0 Å². The van der Waals surface area contributed by atoms with Gasteiger partial charge in [0.05, 0.1) is 16.8 Å². The monoisotopic (exact) mass is 369 g/mol. The Balaban J connectivity index is 2.07. The van der Waals surface area contributed by atoms with Gasteiger partial charge in [0.2, 0.25) is 9.84 Å². The van der Waals surface area contributed by atoms with Crippen LogP contribution in [0.5, 0.6) is 0 Å². The normalized spacial score (nSPS) is 11.9. The second kappa shape index (κ2) is 6.93. The van der Waals surface area contributed by atoms with Gasteiger partial charge in [0.15, 0.2) is 0 Å². The Morgan fingerprint density at radius 2 is 1.80 bits per heavy atom. The first-order valence-electron chi connectivity index (χ1n) is 7.23. The van der Waals surface area contributed by atoms with Crippen LogP contribution in [0.4, 0.5) is 0 Å². The van der Waals surface area contributed by atoms with E-state index in [1.807, 2.05) is 30.3 Å². The quantitative estimate of drug-likeness (QED) is 0.702. The molecule has 3 rings (SSSR count). The van der Waals surface area contributed by atoms with Crippen LogP contribution in [0.1, 0.15) is 5.56 Å². The minimum atomic E-state index is -3.94. The summed E-state index contributed by atoms with van der Waals surface area (Å²) in [5, 5.41) is 16.6. The molecule has 0 fully saturated rings. The summed E-state index contributed by atoms with van der Waals surface area (Å²) in [5.74, 6) is 0. The molecule has 3 aromatic rings. The summed E-state index contributed by atoms with van der Waals surface area (Å²) in [6, 6.07) is 16.8. The Hall–Kier alpha value is -2.88. The van der Waals surface area contributed by atoms with Crippen LogP contribution >= 0.6 is 11.6 Å². The van der Waals surface area contributed by atoms with Gasteiger partial charge in [0, 0.05) is 16.1 Å². The molecule has 1 N–H and O–H groups in total. The van der Waals surface area contributed by atoms with Crippen LogP contribution in [0.25, 0.3) is 17.3 Å². The number of aromatic nitrogens is 2. The molecule has 0 atom stereocenters. The number of nitriles is 1. The number of halogens is 1. The van der Waals surface area contributed by atoms with Crippen molar-refractivity contribution < 1.29 is 8.42 Å². The standard InChI is InChI=1S/C18H12ClN3O2S/c19-15-6-8-16(9-7-15)25(23,24)17(11-20)10-14-12-21-22-18(14)13-4-2-1-3-5-13/h1-10,12H,(H,21,22)/b17-10+. The molecule has 1 heterocycles. The second-order valence-corrected chi connectivity index (χ2v) is 7.50. The van der Waals surface area contributed by atoms with Crippen molar-refractivity contribution >= 4 is 27.5 Å². The molecule has 0 unspecified atom stereocenters. The van der Waals surface area contributed by atoms with E-state index in [1.54, 1.807) is 6.07 Å². The Morgan fingerprint density at radius 3 is 2.44 bits per heavy atom. The van der Waals surface area contributed by atoms with Crippen molar-refractivity contribution in [1.82, 2.24) is 10.2 Å². The molecule has 0 radical (unpaired) electrons. The van der Waals surface area contributed by atoms with Crippen molar-refractivity contribution in [2.75, 3.05) is 0 Å². The van der Waals surface area contributed by atoms with E-state index in [0.29, 0.717) is 16.3 Å². The van der Waals surface area contributed by atoms with Crippen molar-refractivity contribution in [3.63, 3.8) is 0 Å². The molecule has 0 aliphatic heterocycles. The van der Waals surface area contributed by atoms with Gasteiger partial charge in [-0.1, -0.05) is 41.9 Å². The second-order valence-electron chi connectivity index (χ2n) is 5.14. The number of aromatic amines is 1. The van der Waals surface area contributed by atoms with Gasteiger partial charge in [-0.3, -0.25) is 5.10 Å². The van der Waals surface area contributed by atoms with Crippen LogP contribution in [0.3, 0.4) is 0 Å². The van der Waals surface area contributed by atoms with Crippen LogP contribution in [0.2, 0.25) is 5.02 Å². The van der Waals surface area contributed by atoms with Gasteiger partial charge >= 0.3 is 0 Å². The van der Waals surface area contributed by atoms with Crippen molar-refractivity contribution in [3.05, 3.63) is 76.3 Å². The highest BCUT2D eigenvalue weighted by Gasteiger charge is 2.21. The van der Waals surface area contributed by atoms with Crippen LogP contribution in [-0.2, 0) is 9.84 Å². The number of benzene rings is 2. The predicted octanol–water partition coefficient (Wildman–Crippen LogP) is 4.07. The number of hydrogen-bond acceptors (Lipinski definition) is 4. The van der Waals surface area contributed by atoms with Crippen molar-refractivity contribution in [2.24, 2.45) is 0 Å². The number of nitrogens with zero attached hydrogens (tertiary/aromatic N) is 2. The van der Waals surface area contributed by atoms with Gasteiger partial charge in [-0.2, -0.15) is 10.4 Å². The lowest BCUT2D eigenvalue weighted by Gasteiger charge is -2.04. The Bertz CT molecular complexity index is 1060. The van der Waals surface area contributed by atoms with Crippen LogP contribution in [0, 0.1) is 11.3 Å². The highest BCUT2D eigenvalue weighted by Crippen LogP contribution is 2.26. The molecule has 25 heavy (non-hydrogen) atoms. The number of H-pyrrole nitrogens is 1. The summed E-state index contributed by atoms with van der Waals surface area (Å²) in [6.45, 7) is 0. The summed E-state index contributed by atoms with van der Waals surface area (Å²) in [6.07, 6.45) is 2.80. The predicted molar refractivity (Wildman–Crippen MR) is 96.3 cm³/mol. The molecule has 1 aromatic heterocycles. The number of allylic oxidation sites excluding steroid dienone is 1. The van der Waals surface area contributed by atoms with Crippen LogP contribution in [-0.4, -0.2) is 18.6 Å². The molecule has 0 aliphatic rings. The lowest BCUT2D eigenvalue weighted by atomic mass is 10.1. The lowest BCUT2D eigenvalue weighted by molar-refractivity contribution is 0.603.